The molecule has 0 fully saturated rings. The molecule has 2 aromatic rings. The van der Waals surface area contributed by atoms with E-state index in [4.69, 9.17) is 11.6 Å². The maximum atomic E-state index is 6.04. The summed E-state index contributed by atoms with van der Waals surface area (Å²) in [5, 5.41) is 0.447. The third-order valence-electron chi connectivity index (χ3n) is 2.48. The molecule has 0 N–H and O–H groups in total. The number of aryl methyl sites for hydroxylation is 1. The molecule has 0 aliphatic carbocycles. The van der Waals surface area contributed by atoms with E-state index in [2.05, 4.69) is 35.7 Å². The minimum Gasteiger partial charge on any atom is -0.331 e. The van der Waals surface area contributed by atoms with Gasteiger partial charge in [-0.2, -0.15) is 0 Å². The van der Waals surface area contributed by atoms with E-state index in [1.54, 1.807) is 12.3 Å². The molecule has 0 saturated carbocycles. The predicted molar refractivity (Wildman–Crippen MR) is 67.9 cm³/mol. The second-order valence-corrected chi connectivity index (χ2v) is 5.40. The smallest absolute Gasteiger partial charge is 0.197 e. The summed E-state index contributed by atoms with van der Waals surface area (Å²) in [6, 6.07) is 1.80. The molecule has 0 unspecified atom stereocenters. The number of nitrogens with zero attached hydrogens (tertiary/aromatic N) is 4. The second kappa shape index (κ2) is 4.11. The van der Waals surface area contributed by atoms with Crippen molar-refractivity contribution in [3.63, 3.8) is 0 Å². The molecule has 0 radical (unpaired) electrons. The van der Waals surface area contributed by atoms with Gasteiger partial charge < -0.3 is 4.57 Å². The quantitative estimate of drug-likeness (QED) is 0.731. The van der Waals surface area contributed by atoms with E-state index in [0.717, 1.165) is 11.5 Å². The molecule has 90 valence electrons. The summed E-state index contributed by atoms with van der Waals surface area (Å²) >= 11 is 6.04. The average molecular weight is 251 g/mol. The van der Waals surface area contributed by atoms with Crippen molar-refractivity contribution in [2.75, 3.05) is 0 Å². The van der Waals surface area contributed by atoms with Crippen molar-refractivity contribution in [1.82, 2.24) is 19.5 Å². The van der Waals surface area contributed by atoms with Crippen LogP contribution in [0.3, 0.4) is 0 Å². The van der Waals surface area contributed by atoms with Crippen molar-refractivity contribution in [3.05, 3.63) is 29.3 Å². The van der Waals surface area contributed by atoms with Gasteiger partial charge >= 0.3 is 0 Å². The van der Waals surface area contributed by atoms with Crippen LogP contribution in [0.4, 0.5) is 0 Å². The Balaban J connectivity index is 2.57. The number of imidazole rings is 1. The van der Waals surface area contributed by atoms with Gasteiger partial charge in [0.15, 0.2) is 11.6 Å². The fraction of sp³-hybridized carbons (Fsp3) is 0.417. The van der Waals surface area contributed by atoms with Gasteiger partial charge in [0.05, 0.1) is 5.69 Å². The summed E-state index contributed by atoms with van der Waals surface area (Å²) in [4.78, 5) is 13.0. The van der Waals surface area contributed by atoms with E-state index in [1.807, 2.05) is 17.8 Å². The van der Waals surface area contributed by atoms with E-state index in [0.29, 0.717) is 11.0 Å². The molecule has 0 aromatic carbocycles. The number of aromatic nitrogens is 4. The Hall–Kier alpha value is -1.42. The lowest BCUT2D eigenvalue weighted by Crippen LogP contribution is -2.15. The Morgan fingerprint density at radius 3 is 2.47 bits per heavy atom. The third-order valence-corrected chi connectivity index (χ3v) is 2.68. The van der Waals surface area contributed by atoms with Crippen LogP contribution in [-0.4, -0.2) is 19.5 Å². The first-order chi connectivity index (χ1) is 7.88. The topological polar surface area (TPSA) is 43.6 Å². The molecule has 2 heterocycles. The molecule has 0 aliphatic rings. The number of hydrogen-bond acceptors (Lipinski definition) is 3. The molecule has 0 saturated heterocycles. The minimum absolute atomic E-state index is 0.0630. The highest BCUT2D eigenvalue weighted by Gasteiger charge is 2.19. The van der Waals surface area contributed by atoms with Crippen LogP contribution in [0.2, 0.25) is 5.15 Å². The van der Waals surface area contributed by atoms with Crippen LogP contribution in [0.15, 0.2) is 18.5 Å². The molecule has 0 bridgehead atoms. The van der Waals surface area contributed by atoms with Crippen LogP contribution in [0.1, 0.15) is 26.5 Å². The first-order valence-corrected chi connectivity index (χ1v) is 5.78. The van der Waals surface area contributed by atoms with Crippen LogP contribution in [0.5, 0.6) is 0 Å². The van der Waals surface area contributed by atoms with Gasteiger partial charge in [-0.25, -0.2) is 15.0 Å². The molecule has 2 rings (SSSR count). The van der Waals surface area contributed by atoms with E-state index in [1.165, 1.54) is 0 Å². The number of hydrogen-bond donors (Lipinski definition) is 0. The zero-order valence-electron chi connectivity index (χ0n) is 10.4. The van der Waals surface area contributed by atoms with E-state index in [-0.39, 0.29) is 5.41 Å². The Morgan fingerprint density at radius 2 is 1.94 bits per heavy atom. The van der Waals surface area contributed by atoms with Crippen molar-refractivity contribution in [2.45, 2.75) is 26.2 Å². The van der Waals surface area contributed by atoms with Gasteiger partial charge in [0.1, 0.15) is 5.15 Å². The lowest BCUT2D eigenvalue weighted by Gasteiger charge is -2.18. The minimum atomic E-state index is -0.0630. The maximum Gasteiger partial charge on any atom is 0.197 e. The van der Waals surface area contributed by atoms with Crippen molar-refractivity contribution < 1.29 is 0 Å². The SMILES string of the molecule is Cn1ccnc1-c1nc(Cl)cc(C(C)(C)C)n1. The second-order valence-electron chi connectivity index (χ2n) is 5.01. The summed E-state index contributed by atoms with van der Waals surface area (Å²) in [6.45, 7) is 6.27. The molecule has 17 heavy (non-hydrogen) atoms. The van der Waals surface area contributed by atoms with Crippen LogP contribution >= 0.6 is 11.6 Å². The highest BCUT2D eigenvalue weighted by Crippen LogP contribution is 2.24. The number of rotatable bonds is 1. The molecule has 0 atom stereocenters. The Labute approximate surface area is 106 Å². The van der Waals surface area contributed by atoms with Crippen LogP contribution in [0, 0.1) is 0 Å². The molecule has 4 nitrogen and oxygen atoms in total. The van der Waals surface area contributed by atoms with E-state index in [9.17, 15) is 0 Å². The first kappa shape index (κ1) is 12.0. The standard InChI is InChI=1S/C12H15ClN4/c1-12(2,3)8-7-9(13)16-10(15-8)11-14-5-6-17(11)4/h5-7H,1-4H3. The predicted octanol–water partition coefficient (Wildman–Crippen LogP) is 2.83. The van der Waals surface area contributed by atoms with E-state index >= 15 is 0 Å². The van der Waals surface area contributed by atoms with E-state index < -0.39 is 0 Å². The molecule has 0 spiro atoms. The maximum absolute atomic E-state index is 6.04. The van der Waals surface area contributed by atoms with Gasteiger partial charge in [-0.1, -0.05) is 32.4 Å². The highest BCUT2D eigenvalue weighted by atomic mass is 35.5. The van der Waals surface area contributed by atoms with Gasteiger partial charge in [0, 0.05) is 24.9 Å². The molecule has 0 amide bonds. The van der Waals surface area contributed by atoms with Crippen molar-refractivity contribution in [3.8, 4) is 11.6 Å². The van der Waals surface area contributed by atoms with Gasteiger partial charge in [-0.3, -0.25) is 0 Å². The first-order valence-electron chi connectivity index (χ1n) is 5.40. The largest absolute Gasteiger partial charge is 0.331 e. The molecular weight excluding hydrogens is 236 g/mol. The average Bonchev–Trinajstić information content (AvgIpc) is 2.62. The Morgan fingerprint density at radius 1 is 1.24 bits per heavy atom. The van der Waals surface area contributed by atoms with Gasteiger partial charge in [-0.15, -0.1) is 0 Å². The normalized spacial score (nSPS) is 11.8. The van der Waals surface area contributed by atoms with Crippen molar-refractivity contribution in [2.24, 2.45) is 7.05 Å². The fourth-order valence-electron chi connectivity index (χ4n) is 1.48. The summed E-state index contributed by atoms with van der Waals surface area (Å²) in [5.74, 6) is 1.29. The highest BCUT2D eigenvalue weighted by molar-refractivity contribution is 6.29. The van der Waals surface area contributed by atoms with Gasteiger partial charge in [-0.05, 0) is 6.07 Å². The Kier molecular flexibility index (Phi) is 2.91. The summed E-state index contributed by atoms with van der Waals surface area (Å²) in [7, 11) is 1.91. The van der Waals surface area contributed by atoms with Crippen LogP contribution in [-0.2, 0) is 12.5 Å². The lowest BCUT2D eigenvalue weighted by molar-refractivity contribution is 0.567. The zero-order valence-corrected chi connectivity index (χ0v) is 11.2. The zero-order chi connectivity index (χ0) is 12.6. The summed E-state index contributed by atoms with van der Waals surface area (Å²) in [5.41, 5.74) is 0.849. The lowest BCUT2D eigenvalue weighted by atomic mass is 9.92. The van der Waals surface area contributed by atoms with Gasteiger partial charge in [0.25, 0.3) is 0 Å². The third kappa shape index (κ3) is 2.47. The molecule has 5 heteroatoms. The molecule has 0 aliphatic heterocycles. The van der Waals surface area contributed by atoms with Crippen molar-refractivity contribution in [1.29, 1.82) is 0 Å². The summed E-state index contributed by atoms with van der Waals surface area (Å²) < 4.78 is 1.87. The van der Waals surface area contributed by atoms with Gasteiger partial charge in [0.2, 0.25) is 0 Å². The Bertz CT molecular complexity index is 540. The molecule has 2 aromatic heterocycles. The monoisotopic (exact) mass is 250 g/mol. The van der Waals surface area contributed by atoms with Crippen molar-refractivity contribution >= 4 is 11.6 Å². The molecular formula is C12H15ClN4. The van der Waals surface area contributed by atoms with Crippen LogP contribution in [0.25, 0.3) is 11.6 Å². The van der Waals surface area contributed by atoms with Crippen LogP contribution < -0.4 is 0 Å². The number of halogens is 1. The fourth-order valence-corrected chi connectivity index (χ4v) is 1.67. The summed E-state index contributed by atoms with van der Waals surface area (Å²) in [6.07, 6.45) is 3.58.